The van der Waals surface area contributed by atoms with Crippen molar-refractivity contribution in [3.05, 3.63) is 24.3 Å². The smallest absolute Gasteiger partial charge is 0.255 e. The third-order valence-electron chi connectivity index (χ3n) is 2.06. The molecule has 0 spiro atoms. The van der Waals surface area contributed by atoms with Crippen LogP contribution in [0.2, 0.25) is 0 Å². The van der Waals surface area contributed by atoms with E-state index in [-0.39, 0.29) is 12.5 Å². The number of amides is 2. The zero-order chi connectivity index (χ0) is 13.4. The minimum atomic E-state index is -0.534. The summed E-state index contributed by atoms with van der Waals surface area (Å²) in [6, 6.07) is 6.68. The first-order valence-electron chi connectivity index (χ1n) is 5.49. The van der Waals surface area contributed by atoms with Crippen LogP contribution < -0.4 is 15.8 Å². The molecule has 98 valence electrons. The van der Waals surface area contributed by atoms with Crippen molar-refractivity contribution in [2.24, 2.45) is 5.73 Å². The fourth-order valence-corrected chi connectivity index (χ4v) is 1.37. The summed E-state index contributed by atoms with van der Waals surface area (Å²) in [5.41, 5.74) is 5.62. The number of alkyl halides is 1. The molecule has 0 bridgehead atoms. The number of hydrogen-bond acceptors (Lipinski definition) is 3. The number of benzene rings is 1. The van der Waals surface area contributed by atoms with Crippen LogP contribution in [0.5, 0.6) is 5.75 Å². The molecular formula is C12H15ClN2O3. The van der Waals surface area contributed by atoms with Crippen LogP contribution >= 0.6 is 11.6 Å². The summed E-state index contributed by atoms with van der Waals surface area (Å²) in [6.45, 7) is -0.165. The molecule has 0 saturated heterocycles. The topological polar surface area (TPSA) is 81.4 Å². The van der Waals surface area contributed by atoms with Crippen molar-refractivity contribution in [2.75, 3.05) is 17.8 Å². The number of halogens is 1. The molecule has 18 heavy (non-hydrogen) atoms. The van der Waals surface area contributed by atoms with E-state index in [4.69, 9.17) is 22.1 Å². The number of ether oxygens (including phenoxy) is 1. The van der Waals surface area contributed by atoms with Crippen LogP contribution in [0, 0.1) is 0 Å². The fourth-order valence-electron chi connectivity index (χ4n) is 1.24. The molecule has 0 aliphatic rings. The summed E-state index contributed by atoms with van der Waals surface area (Å²) in [5.74, 6) is 0.371. The molecule has 5 nitrogen and oxygen atoms in total. The zero-order valence-corrected chi connectivity index (χ0v) is 10.6. The number of hydrogen-bond donors (Lipinski definition) is 2. The molecule has 3 N–H and O–H groups in total. The maximum Gasteiger partial charge on any atom is 0.255 e. The van der Waals surface area contributed by atoms with Crippen LogP contribution in [0.25, 0.3) is 0 Å². The standard InChI is InChI=1S/C12H15ClN2O3/c13-7-1-2-12(17)15-9-3-5-10(6-4-9)18-8-11(14)16/h3-6H,1-2,7-8H2,(H2,14,16)(H,15,17). The van der Waals surface area contributed by atoms with Gasteiger partial charge in [0.1, 0.15) is 5.75 Å². The van der Waals surface area contributed by atoms with Gasteiger partial charge in [-0.2, -0.15) is 0 Å². The second-order valence-electron chi connectivity index (χ2n) is 3.62. The van der Waals surface area contributed by atoms with E-state index >= 15 is 0 Å². The van der Waals surface area contributed by atoms with E-state index < -0.39 is 5.91 Å². The first-order valence-corrected chi connectivity index (χ1v) is 6.02. The molecule has 0 saturated carbocycles. The highest BCUT2D eigenvalue weighted by Gasteiger charge is 2.02. The number of anilines is 1. The van der Waals surface area contributed by atoms with E-state index in [9.17, 15) is 9.59 Å². The van der Waals surface area contributed by atoms with Crippen LogP contribution in [-0.4, -0.2) is 24.3 Å². The average Bonchev–Trinajstić information content (AvgIpc) is 2.35. The lowest BCUT2D eigenvalue weighted by Gasteiger charge is -2.06. The van der Waals surface area contributed by atoms with Crippen molar-refractivity contribution in [3.63, 3.8) is 0 Å². The number of carbonyl (C=O) groups excluding carboxylic acids is 2. The van der Waals surface area contributed by atoms with Gasteiger partial charge in [0.15, 0.2) is 6.61 Å². The molecule has 0 atom stereocenters. The van der Waals surface area contributed by atoms with Crippen molar-refractivity contribution >= 4 is 29.1 Å². The molecule has 1 aromatic carbocycles. The summed E-state index contributed by atoms with van der Waals surface area (Å²) in [4.78, 5) is 21.9. The molecule has 2 amide bonds. The lowest BCUT2D eigenvalue weighted by molar-refractivity contribution is -0.120. The predicted molar refractivity (Wildman–Crippen MR) is 69.7 cm³/mol. The molecule has 0 heterocycles. The normalized spacial score (nSPS) is 9.83. The molecule has 0 fully saturated rings. The Labute approximate surface area is 110 Å². The first-order chi connectivity index (χ1) is 8.61. The van der Waals surface area contributed by atoms with Crippen LogP contribution in [0.15, 0.2) is 24.3 Å². The Morgan fingerprint density at radius 2 is 1.94 bits per heavy atom. The SMILES string of the molecule is NC(=O)COc1ccc(NC(=O)CCCCl)cc1. The minimum Gasteiger partial charge on any atom is -0.484 e. The molecule has 0 aromatic heterocycles. The number of rotatable bonds is 7. The van der Waals surface area contributed by atoms with Crippen molar-refractivity contribution in [3.8, 4) is 5.75 Å². The summed E-state index contributed by atoms with van der Waals surface area (Å²) in [7, 11) is 0. The Kier molecular flexibility index (Phi) is 6.00. The van der Waals surface area contributed by atoms with Gasteiger partial charge in [-0.3, -0.25) is 9.59 Å². The minimum absolute atomic E-state index is 0.0820. The second-order valence-corrected chi connectivity index (χ2v) is 4.00. The Hall–Kier alpha value is -1.75. The van der Waals surface area contributed by atoms with Crippen molar-refractivity contribution in [1.82, 2.24) is 0 Å². The summed E-state index contributed by atoms with van der Waals surface area (Å²) in [5, 5.41) is 2.72. The van der Waals surface area contributed by atoms with Crippen molar-refractivity contribution in [1.29, 1.82) is 0 Å². The highest BCUT2D eigenvalue weighted by Crippen LogP contribution is 2.15. The lowest BCUT2D eigenvalue weighted by Crippen LogP contribution is -2.20. The van der Waals surface area contributed by atoms with E-state index in [0.717, 1.165) is 0 Å². The third-order valence-corrected chi connectivity index (χ3v) is 2.32. The highest BCUT2D eigenvalue weighted by molar-refractivity contribution is 6.18. The Morgan fingerprint density at radius 1 is 1.28 bits per heavy atom. The molecular weight excluding hydrogens is 256 g/mol. The van der Waals surface area contributed by atoms with E-state index in [1.807, 2.05) is 0 Å². The second kappa shape index (κ2) is 7.55. The van der Waals surface area contributed by atoms with E-state index in [1.165, 1.54) is 0 Å². The van der Waals surface area contributed by atoms with E-state index in [1.54, 1.807) is 24.3 Å². The molecule has 1 rings (SSSR count). The van der Waals surface area contributed by atoms with Gasteiger partial charge in [-0.05, 0) is 30.7 Å². The molecule has 0 aliphatic heterocycles. The first kappa shape index (κ1) is 14.3. The van der Waals surface area contributed by atoms with Crippen molar-refractivity contribution in [2.45, 2.75) is 12.8 Å². The summed E-state index contributed by atoms with van der Waals surface area (Å²) < 4.78 is 5.09. The van der Waals surface area contributed by atoms with Gasteiger partial charge in [0, 0.05) is 18.0 Å². The van der Waals surface area contributed by atoms with Gasteiger partial charge < -0.3 is 15.8 Å². The number of carbonyl (C=O) groups is 2. The fraction of sp³-hybridized carbons (Fsp3) is 0.333. The number of primary amides is 1. The maximum absolute atomic E-state index is 11.4. The monoisotopic (exact) mass is 270 g/mol. The predicted octanol–water partition coefficient (Wildman–Crippen LogP) is 1.51. The zero-order valence-electron chi connectivity index (χ0n) is 9.82. The van der Waals surface area contributed by atoms with Crippen molar-refractivity contribution < 1.29 is 14.3 Å². The van der Waals surface area contributed by atoms with Crippen LogP contribution in [0.3, 0.4) is 0 Å². The van der Waals surface area contributed by atoms with Gasteiger partial charge in [-0.25, -0.2) is 0 Å². The molecule has 0 radical (unpaired) electrons. The van der Waals surface area contributed by atoms with E-state index in [0.29, 0.717) is 30.2 Å². The van der Waals surface area contributed by atoms with Gasteiger partial charge >= 0.3 is 0 Å². The molecule has 0 unspecified atom stereocenters. The number of nitrogens with one attached hydrogen (secondary N) is 1. The third kappa shape index (κ3) is 5.54. The largest absolute Gasteiger partial charge is 0.484 e. The van der Waals surface area contributed by atoms with Gasteiger partial charge in [0.25, 0.3) is 5.91 Å². The van der Waals surface area contributed by atoms with Crippen LogP contribution in [0.1, 0.15) is 12.8 Å². The quantitative estimate of drug-likeness (QED) is 0.737. The maximum atomic E-state index is 11.4. The summed E-state index contributed by atoms with van der Waals surface area (Å²) in [6.07, 6.45) is 1.04. The van der Waals surface area contributed by atoms with Crippen LogP contribution in [-0.2, 0) is 9.59 Å². The average molecular weight is 271 g/mol. The highest BCUT2D eigenvalue weighted by atomic mass is 35.5. The number of nitrogens with two attached hydrogens (primary N) is 1. The Balaban J connectivity index is 2.44. The van der Waals surface area contributed by atoms with Crippen LogP contribution in [0.4, 0.5) is 5.69 Å². The molecule has 0 aliphatic carbocycles. The van der Waals surface area contributed by atoms with Gasteiger partial charge in [-0.1, -0.05) is 0 Å². The van der Waals surface area contributed by atoms with E-state index in [2.05, 4.69) is 5.32 Å². The molecule has 1 aromatic rings. The molecule has 6 heteroatoms. The lowest BCUT2D eigenvalue weighted by atomic mass is 10.2. The Bertz CT molecular complexity index is 406. The van der Waals surface area contributed by atoms with Gasteiger partial charge in [0.05, 0.1) is 0 Å². The van der Waals surface area contributed by atoms with Gasteiger partial charge in [-0.15, -0.1) is 11.6 Å². The van der Waals surface area contributed by atoms with Gasteiger partial charge in [0.2, 0.25) is 5.91 Å². The Morgan fingerprint density at radius 3 is 2.50 bits per heavy atom. The summed E-state index contributed by atoms with van der Waals surface area (Å²) >= 11 is 5.50.